The lowest BCUT2D eigenvalue weighted by atomic mass is 9.99. The van der Waals surface area contributed by atoms with Crippen LogP contribution in [-0.2, 0) is 0 Å². The molecular weight excluding hydrogens is 272 g/mol. The number of hydrogen-bond acceptors (Lipinski definition) is 2. The molecule has 2 rings (SSSR count). The summed E-state index contributed by atoms with van der Waals surface area (Å²) in [6.45, 7) is 2.08. The minimum Gasteiger partial charge on any atom is -0.497 e. The van der Waals surface area contributed by atoms with E-state index >= 15 is 0 Å². The van der Waals surface area contributed by atoms with Gasteiger partial charge in [-0.05, 0) is 24.6 Å². The summed E-state index contributed by atoms with van der Waals surface area (Å²) in [5, 5.41) is 3.20. The fourth-order valence-electron chi connectivity index (χ4n) is 2.43. The Morgan fingerprint density at radius 2 is 1.67 bits per heavy atom. The summed E-state index contributed by atoms with van der Waals surface area (Å²) in [5.41, 5.74) is 1.58. The molecule has 0 spiro atoms. The first-order chi connectivity index (χ1) is 10.1. The number of methoxy groups -OCH3 is 1. The van der Waals surface area contributed by atoms with Gasteiger partial charge in [0.25, 0.3) is 0 Å². The third-order valence-electron chi connectivity index (χ3n) is 3.61. The zero-order chi connectivity index (χ0) is 15.4. The highest BCUT2D eigenvalue weighted by Crippen LogP contribution is 2.30. The maximum Gasteiger partial charge on any atom is 0.137 e. The van der Waals surface area contributed by atoms with Gasteiger partial charge >= 0.3 is 0 Å². The molecule has 0 saturated carbocycles. The van der Waals surface area contributed by atoms with Crippen molar-refractivity contribution in [3.63, 3.8) is 0 Å². The molecular formula is C17H19F2NO. The minimum atomic E-state index is -0.625. The van der Waals surface area contributed by atoms with Gasteiger partial charge in [0, 0.05) is 18.2 Å². The molecule has 0 aromatic heterocycles. The summed E-state index contributed by atoms with van der Waals surface area (Å²) in [6, 6.07) is 9.88. The number of benzene rings is 2. The van der Waals surface area contributed by atoms with Gasteiger partial charge in [0.15, 0.2) is 0 Å². The molecule has 0 heterocycles. The van der Waals surface area contributed by atoms with Crippen molar-refractivity contribution >= 4 is 0 Å². The highest BCUT2D eigenvalue weighted by Gasteiger charge is 2.14. The third kappa shape index (κ3) is 3.22. The molecule has 1 N–H and O–H groups in total. The fourth-order valence-corrected chi connectivity index (χ4v) is 2.43. The van der Waals surface area contributed by atoms with E-state index in [9.17, 15) is 8.78 Å². The van der Waals surface area contributed by atoms with Crippen LogP contribution >= 0.6 is 0 Å². The summed E-state index contributed by atoms with van der Waals surface area (Å²) in [7, 11) is 3.27. The topological polar surface area (TPSA) is 21.3 Å². The highest BCUT2D eigenvalue weighted by molar-refractivity contribution is 5.66. The third-order valence-corrected chi connectivity index (χ3v) is 3.61. The summed E-state index contributed by atoms with van der Waals surface area (Å²) >= 11 is 0. The number of nitrogens with one attached hydrogen (secondary N) is 1. The molecule has 0 aliphatic heterocycles. The van der Waals surface area contributed by atoms with Crippen molar-refractivity contribution in [3.8, 4) is 16.9 Å². The van der Waals surface area contributed by atoms with E-state index in [1.165, 1.54) is 19.2 Å². The van der Waals surface area contributed by atoms with Crippen molar-refractivity contribution in [2.75, 3.05) is 14.2 Å². The summed E-state index contributed by atoms with van der Waals surface area (Å²) < 4.78 is 32.9. The van der Waals surface area contributed by atoms with Crippen LogP contribution in [0.25, 0.3) is 11.1 Å². The van der Waals surface area contributed by atoms with Crippen LogP contribution < -0.4 is 10.1 Å². The Labute approximate surface area is 123 Å². The molecule has 0 aliphatic rings. The van der Waals surface area contributed by atoms with E-state index in [1.54, 1.807) is 12.1 Å². The number of ether oxygens (including phenoxy) is 1. The summed E-state index contributed by atoms with van der Waals surface area (Å²) in [6.07, 6.45) is 0.946. The minimum absolute atomic E-state index is 0.0279. The van der Waals surface area contributed by atoms with Gasteiger partial charge in [-0.3, -0.25) is 0 Å². The Kier molecular flexibility index (Phi) is 4.91. The predicted octanol–water partition coefficient (Wildman–Crippen LogP) is 4.31. The second-order valence-corrected chi connectivity index (χ2v) is 4.84. The molecule has 0 saturated heterocycles. The summed E-state index contributed by atoms with van der Waals surface area (Å²) in [4.78, 5) is 0. The van der Waals surface area contributed by atoms with Gasteiger partial charge in [0.2, 0.25) is 0 Å². The van der Waals surface area contributed by atoms with E-state index in [1.807, 2.05) is 19.2 Å². The smallest absolute Gasteiger partial charge is 0.137 e. The van der Waals surface area contributed by atoms with Crippen LogP contribution in [0.5, 0.6) is 5.75 Å². The number of halogens is 2. The van der Waals surface area contributed by atoms with Crippen LogP contribution in [-0.4, -0.2) is 14.2 Å². The molecule has 2 aromatic rings. The largest absolute Gasteiger partial charge is 0.497 e. The monoisotopic (exact) mass is 291 g/mol. The highest BCUT2D eigenvalue weighted by atomic mass is 19.1. The molecule has 2 aromatic carbocycles. The summed E-state index contributed by atoms with van der Waals surface area (Å²) in [5.74, 6) is -1.08. The number of hydrogen-bond donors (Lipinski definition) is 1. The quantitative estimate of drug-likeness (QED) is 0.886. The first kappa shape index (κ1) is 15.4. The van der Waals surface area contributed by atoms with E-state index in [4.69, 9.17) is 4.74 Å². The SMILES string of the molecule is CCC(NC)c1ccc(-c2c(F)cc(OC)cc2F)cc1. The van der Waals surface area contributed by atoms with Gasteiger partial charge in [-0.2, -0.15) is 0 Å². The lowest BCUT2D eigenvalue weighted by Gasteiger charge is -2.15. The molecule has 0 bridgehead atoms. The molecule has 0 aliphatic carbocycles. The van der Waals surface area contributed by atoms with Gasteiger partial charge in [0.05, 0.1) is 12.7 Å². The van der Waals surface area contributed by atoms with Gasteiger partial charge < -0.3 is 10.1 Å². The fraction of sp³-hybridized carbons (Fsp3) is 0.294. The van der Waals surface area contributed by atoms with Gasteiger partial charge in [-0.25, -0.2) is 8.78 Å². The van der Waals surface area contributed by atoms with Crippen LogP contribution in [0.1, 0.15) is 24.9 Å². The first-order valence-corrected chi connectivity index (χ1v) is 6.91. The lowest BCUT2D eigenvalue weighted by Crippen LogP contribution is -2.14. The molecule has 112 valence electrons. The van der Waals surface area contributed by atoms with Crippen molar-refractivity contribution < 1.29 is 13.5 Å². The molecule has 0 amide bonds. The molecule has 21 heavy (non-hydrogen) atoms. The Bertz CT molecular complexity index is 584. The maximum atomic E-state index is 14.0. The molecule has 1 atom stereocenters. The van der Waals surface area contributed by atoms with Crippen molar-refractivity contribution in [3.05, 3.63) is 53.6 Å². The van der Waals surface area contributed by atoms with E-state index in [-0.39, 0.29) is 17.4 Å². The first-order valence-electron chi connectivity index (χ1n) is 6.91. The van der Waals surface area contributed by atoms with E-state index < -0.39 is 11.6 Å². The van der Waals surface area contributed by atoms with Crippen molar-refractivity contribution in [2.24, 2.45) is 0 Å². The maximum absolute atomic E-state index is 14.0. The van der Waals surface area contributed by atoms with Crippen LogP contribution in [0.3, 0.4) is 0 Å². The average Bonchev–Trinajstić information content (AvgIpc) is 2.49. The Morgan fingerprint density at radius 1 is 1.10 bits per heavy atom. The molecule has 4 heteroatoms. The second kappa shape index (κ2) is 6.68. The van der Waals surface area contributed by atoms with Gasteiger partial charge in [0.1, 0.15) is 17.4 Å². The zero-order valence-corrected chi connectivity index (χ0v) is 12.4. The predicted molar refractivity (Wildman–Crippen MR) is 80.4 cm³/mol. The van der Waals surface area contributed by atoms with Crippen LogP contribution in [0.4, 0.5) is 8.78 Å². The lowest BCUT2D eigenvalue weighted by molar-refractivity contribution is 0.407. The van der Waals surface area contributed by atoms with Crippen molar-refractivity contribution in [1.29, 1.82) is 0 Å². The standard InChI is InChI=1S/C17H19F2NO/c1-4-16(20-2)11-5-7-12(8-6-11)17-14(18)9-13(21-3)10-15(17)19/h5-10,16,20H,4H2,1-3H3. The van der Waals surface area contributed by atoms with E-state index in [2.05, 4.69) is 12.2 Å². The van der Waals surface area contributed by atoms with Crippen molar-refractivity contribution in [2.45, 2.75) is 19.4 Å². The Balaban J connectivity index is 2.39. The van der Waals surface area contributed by atoms with Gasteiger partial charge in [-0.15, -0.1) is 0 Å². The van der Waals surface area contributed by atoms with E-state index in [0.29, 0.717) is 5.56 Å². The Hall–Kier alpha value is -1.94. The zero-order valence-electron chi connectivity index (χ0n) is 12.4. The Morgan fingerprint density at radius 3 is 2.10 bits per heavy atom. The second-order valence-electron chi connectivity index (χ2n) is 4.84. The van der Waals surface area contributed by atoms with Crippen LogP contribution in [0.15, 0.2) is 36.4 Å². The normalized spacial score (nSPS) is 12.2. The van der Waals surface area contributed by atoms with E-state index in [0.717, 1.165) is 12.0 Å². The number of rotatable bonds is 5. The van der Waals surface area contributed by atoms with Crippen LogP contribution in [0.2, 0.25) is 0 Å². The van der Waals surface area contributed by atoms with Gasteiger partial charge in [-0.1, -0.05) is 31.2 Å². The molecule has 1 unspecified atom stereocenters. The van der Waals surface area contributed by atoms with Crippen molar-refractivity contribution in [1.82, 2.24) is 5.32 Å². The van der Waals surface area contributed by atoms with Crippen LogP contribution in [0, 0.1) is 11.6 Å². The average molecular weight is 291 g/mol. The molecule has 0 fully saturated rings. The molecule has 2 nitrogen and oxygen atoms in total. The molecule has 0 radical (unpaired) electrons.